The molecule has 2 rings (SSSR count). The average molecular weight is 253 g/mol. The summed E-state index contributed by atoms with van der Waals surface area (Å²) in [5.41, 5.74) is -0.167. The number of hydrogen-bond donors (Lipinski definition) is 2. The van der Waals surface area contributed by atoms with E-state index in [1.165, 1.54) is 0 Å². The second-order valence-corrected chi connectivity index (χ2v) is 5.50. The van der Waals surface area contributed by atoms with Crippen molar-refractivity contribution in [2.24, 2.45) is 0 Å². The SMILES string of the molecule is CC(C)(C)n1cnc(NC(=O)N2CCC(O)C2)n1. The number of carbonyl (C=O) groups is 1. The van der Waals surface area contributed by atoms with Gasteiger partial charge in [0.05, 0.1) is 11.6 Å². The van der Waals surface area contributed by atoms with Crippen molar-refractivity contribution in [2.45, 2.75) is 38.8 Å². The Bertz CT molecular complexity index is 437. The summed E-state index contributed by atoms with van der Waals surface area (Å²) in [7, 11) is 0. The van der Waals surface area contributed by atoms with E-state index < -0.39 is 6.10 Å². The summed E-state index contributed by atoms with van der Waals surface area (Å²) in [6.07, 6.45) is 1.79. The molecule has 0 bridgehead atoms. The Morgan fingerprint density at radius 1 is 1.56 bits per heavy atom. The molecule has 1 aromatic heterocycles. The molecule has 0 radical (unpaired) electrons. The van der Waals surface area contributed by atoms with Crippen molar-refractivity contribution in [2.75, 3.05) is 18.4 Å². The zero-order valence-corrected chi connectivity index (χ0v) is 10.9. The highest BCUT2D eigenvalue weighted by Crippen LogP contribution is 2.14. The number of β-amino-alcohol motifs (C(OH)–C–C–N with tert-alkyl or cyclic N) is 1. The fourth-order valence-electron chi connectivity index (χ4n) is 1.74. The van der Waals surface area contributed by atoms with E-state index in [1.54, 1.807) is 15.9 Å². The number of amides is 2. The van der Waals surface area contributed by atoms with Gasteiger partial charge in [-0.1, -0.05) is 0 Å². The molecule has 0 saturated carbocycles. The lowest BCUT2D eigenvalue weighted by Gasteiger charge is -2.18. The van der Waals surface area contributed by atoms with Crippen molar-refractivity contribution in [3.05, 3.63) is 6.33 Å². The number of rotatable bonds is 1. The quantitative estimate of drug-likeness (QED) is 0.769. The molecule has 0 aliphatic carbocycles. The minimum absolute atomic E-state index is 0.167. The van der Waals surface area contributed by atoms with Crippen LogP contribution in [0.3, 0.4) is 0 Å². The Kier molecular flexibility index (Phi) is 3.25. The van der Waals surface area contributed by atoms with Crippen LogP contribution in [-0.2, 0) is 5.54 Å². The molecule has 1 atom stereocenters. The molecule has 0 aromatic carbocycles. The first-order chi connectivity index (χ1) is 8.36. The van der Waals surface area contributed by atoms with Gasteiger partial charge in [-0.15, -0.1) is 5.10 Å². The van der Waals surface area contributed by atoms with E-state index in [1.807, 2.05) is 20.8 Å². The molecular formula is C11H19N5O2. The Morgan fingerprint density at radius 2 is 2.28 bits per heavy atom. The van der Waals surface area contributed by atoms with E-state index in [4.69, 9.17) is 0 Å². The lowest BCUT2D eigenvalue weighted by Crippen LogP contribution is -2.34. The maximum atomic E-state index is 11.8. The number of aliphatic hydroxyl groups is 1. The highest BCUT2D eigenvalue weighted by Gasteiger charge is 2.25. The first-order valence-corrected chi connectivity index (χ1v) is 6.02. The van der Waals surface area contributed by atoms with Crippen LogP contribution in [0.25, 0.3) is 0 Å². The molecule has 2 heterocycles. The summed E-state index contributed by atoms with van der Waals surface area (Å²) in [5.74, 6) is 0.288. The van der Waals surface area contributed by atoms with E-state index >= 15 is 0 Å². The summed E-state index contributed by atoms with van der Waals surface area (Å²) < 4.78 is 1.70. The van der Waals surface area contributed by atoms with Gasteiger partial charge in [0, 0.05) is 13.1 Å². The third-order valence-electron chi connectivity index (χ3n) is 2.85. The molecule has 1 unspecified atom stereocenters. The lowest BCUT2D eigenvalue weighted by molar-refractivity contribution is 0.176. The molecule has 1 saturated heterocycles. The predicted octanol–water partition coefficient (Wildman–Crippen LogP) is 0.632. The van der Waals surface area contributed by atoms with Crippen molar-refractivity contribution in [1.82, 2.24) is 19.7 Å². The number of likely N-dealkylation sites (tertiary alicyclic amines) is 1. The average Bonchev–Trinajstić information content (AvgIpc) is 2.85. The monoisotopic (exact) mass is 253 g/mol. The molecule has 7 nitrogen and oxygen atoms in total. The summed E-state index contributed by atoms with van der Waals surface area (Å²) >= 11 is 0. The minimum Gasteiger partial charge on any atom is -0.391 e. The van der Waals surface area contributed by atoms with Crippen LogP contribution in [-0.4, -0.2) is 50.0 Å². The highest BCUT2D eigenvalue weighted by atomic mass is 16.3. The molecule has 0 spiro atoms. The van der Waals surface area contributed by atoms with Crippen LogP contribution in [0.5, 0.6) is 0 Å². The summed E-state index contributed by atoms with van der Waals surface area (Å²) in [5, 5.41) is 16.2. The van der Waals surface area contributed by atoms with Gasteiger partial charge < -0.3 is 10.0 Å². The van der Waals surface area contributed by atoms with Crippen molar-refractivity contribution in [1.29, 1.82) is 0 Å². The first-order valence-electron chi connectivity index (χ1n) is 6.02. The Morgan fingerprint density at radius 3 is 2.78 bits per heavy atom. The zero-order valence-electron chi connectivity index (χ0n) is 10.9. The second kappa shape index (κ2) is 4.56. The van der Waals surface area contributed by atoms with E-state index in [0.717, 1.165) is 0 Å². The highest BCUT2D eigenvalue weighted by molar-refractivity contribution is 5.87. The largest absolute Gasteiger partial charge is 0.391 e. The van der Waals surface area contributed by atoms with Gasteiger partial charge in [-0.2, -0.15) is 0 Å². The fourth-order valence-corrected chi connectivity index (χ4v) is 1.74. The third kappa shape index (κ3) is 2.79. The number of aromatic nitrogens is 3. The molecule has 1 aromatic rings. The third-order valence-corrected chi connectivity index (χ3v) is 2.85. The van der Waals surface area contributed by atoms with Gasteiger partial charge in [-0.3, -0.25) is 5.32 Å². The standard InChI is InChI=1S/C11H19N5O2/c1-11(2,3)16-7-12-9(14-16)13-10(18)15-5-4-8(17)6-15/h7-8,17H,4-6H2,1-3H3,(H,13,14,18). The number of nitrogens with zero attached hydrogens (tertiary/aromatic N) is 4. The fraction of sp³-hybridized carbons (Fsp3) is 0.727. The molecule has 1 fully saturated rings. The van der Waals surface area contributed by atoms with Gasteiger partial charge in [0.2, 0.25) is 5.95 Å². The van der Waals surface area contributed by atoms with Crippen LogP contribution >= 0.6 is 0 Å². The molecular weight excluding hydrogens is 234 g/mol. The summed E-state index contributed by atoms with van der Waals surface area (Å²) in [4.78, 5) is 17.4. The Balaban J connectivity index is 1.97. The van der Waals surface area contributed by atoms with E-state index in [2.05, 4.69) is 15.4 Å². The first kappa shape index (κ1) is 12.8. The van der Waals surface area contributed by atoms with E-state index in [-0.39, 0.29) is 17.5 Å². The molecule has 100 valence electrons. The normalized spacial score (nSPS) is 20.2. The van der Waals surface area contributed by atoms with Crippen LogP contribution in [0.4, 0.5) is 10.7 Å². The number of hydrogen-bond acceptors (Lipinski definition) is 4. The maximum Gasteiger partial charge on any atom is 0.324 e. The predicted molar refractivity (Wildman–Crippen MR) is 66.2 cm³/mol. The van der Waals surface area contributed by atoms with Crippen molar-refractivity contribution in [3.8, 4) is 0 Å². The number of aliphatic hydroxyl groups excluding tert-OH is 1. The Labute approximate surface area is 106 Å². The van der Waals surface area contributed by atoms with Crippen molar-refractivity contribution < 1.29 is 9.90 Å². The summed E-state index contributed by atoms with van der Waals surface area (Å²) in [6.45, 7) is 6.94. The number of nitrogens with one attached hydrogen (secondary N) is 1. The Hall–Kier alpha value is -1.63. The second-order valence-electron chi connectivity index (χ2n) is 5.50. The van der Waals surface area contributed by atoms with Gasteiger partial charge in [0.25, 0.3) is 0 Å². The lowest BCUT2D eigenvalue weighted by atomic mass is 10.1. The van der Waals surface area contributed by atoms with Gasteiger partial charge in [0.1, 0.15) is 6.33 Å². The van der Waals surface area contributed by atoms with Crippen molar-refractivity contribution in [3.63, 3.8) is 0 Å². The topological polar surface area (TPSA) is 83.3 Å². The molecule has 1 aliphatic rings. The molecule has 1 aliphatic heterocycles. The van der Waals surface area contributed by atoms with Crippen LogP contribution in [0.2, 0.25) is 0 Å². The van der Waals surface area contributed by atoms with Crippen LogP contribution in [0.15, 0.2) is 6.33 Å². The van der Waals surface area contributed by atoms with Crippen molar-refractivity contribution >= 4 is 12.0 Å². The van der Waals surface area contributed by atoms with Gasteiger partial charge in [-0.05, 0) is 27.2 Å². The van der Waals surface area contributed by atoms with Gasteiger partial charge in [0.15, 0.2) is 0 Å². The number of anilines is 1. The van der Waals surface area contributed by atoms with E-state index in [0.29, 0.717) is 19.5 Å². The smallest absolute Gasteiger partial charge is 0.324 e. The van der Waals surface area contributed by atoms with Crippen LogP contribution in [0.1, 0.15) is 27.2 Å². The molecule has 2 N–H and O–H groups in total. The number of carbonyl (C=O) groups excluding carboxylic acids is 1. The molecule has 2 amide bonds. The van der Waals surface area contributed by atoms with Gasteiger partial charge >= 0.3 is 6.03 Å². The maximum absolute atomic E-state index is 11.8. The van der Waals surface area contributed by atoms with Gasteiger partial charge in [-0.25, -0.2) is 14.5 Å². The summed E-state index contributed by atoms with van der Waals surface area (Å²) in [6, 6.07) is -0.266. The van der Waals surface area contributed by atoms with E-state index in [9.17, 15) is 9.90 Å². The molecule has 18 heavy (non-hydrogen) atoms. The zero-order chi connectivity index (χ0) is 13.3. The number of urea groups is 1. The van der Waals surface area contributed by atoms with Crippen LogP contribution in [0, 0.1) is 0 Å². The minimum atomic E-state index is -0.421. The molecule has 7 heteroatoms. The van der Waals surface area contributed by atoms with Crippen LogP contribution < -0.4 is 5.32 Å².